The normalized spacial score (nSPS) is 14.3. The summed E-state index contributed by atoms with van der Waals surface area (Å²) >= 11 is 0. The summed E-state index contributed by atoms with van der Waals surface area (Å²) < 4.78 is 16.3. The maximum Gasteiger partial charge on any atom is 0.407 e. The Labute approximate surface area is 157 Å². The Hall–Kier alpha value is -1.86. The van der Waals surface area contributed by atoms with E-state index in [2.05, 4.69) is 5.32 Å². The van der Waals surface area contributed by atoms with Crippen LogP contribution in [0.4, 0.5) is 4.79 Å². The Morgan fingerprint density at radius 2 is 1.69 bits per heavy atom. The van der Waals surface area contributed by atoms with Gasteiger partial charge in [-0.3, -0.25) is 0 Å². The predicted octanol–water partition coefficient (Wildman–Crippen LogP) is 3.52. The molecule has 1 rings (SSSR count). The molecule has 1 N–H and O–H groups in total. The number of benzene rings is 1. The van der Waals surface area contributed by atoms with Gasteiger partial charge in [-0.1, -0.05) is 30.3 Å². The average molecular weight is 382 g/mol. The molecule has 0 aliphatic heterocycles. The van der Waals surface area contributed by atoms with Gasteiger partial charge in [0, 0.05) is 0 Å². The SMILES string of the molecule is COC(=O)[C@@H](O[Si](C)(C)C)[C@H](Cc1ccccc1)NC(=O)OC(C)(C)C. The van der Waals surface area contributed by atoms with E-state index in [1.165, 1.54) is 7.11 Å². The molecule has 0 bridgehead atoms. The standard InChI is InChI=1S/C19H31NO5Si/c1-19(2,3)24-18(22)20-15(13-14-11-9-8-10-12-14)16(17(21)23-4)25-26(5,6)7/h8-12,15-16H,13H2,1-7H3,(H,20,22)/t15-,16-/m0/s1. The van der Waals surface area contributed by atoms with Gasteiger partial charge in [-0.2, -0.15) is 0 Å². The number of hydrogen-bond acceptors (Lipinski definition) is 5. The van der Waals surface area contributed by atoms with Crippen molar-refractivity contribution in [2.75, 3.05) is 7.11 Å². The molecule has 146 valence electrons. The van der Waals surface area contributed by atoms with E-state index in [1.807, 2.05) is 50.0 Å². The minimum atomic E-state index is -2.07. The quantitative estimate of drug-likeness (QED) is 0.578. The molecule has 0 fully saturated rings. The average Bonchev–Trinajstić information content (AvgIpc) is 2.49. The van der Waals surface area contributed by atoms with Gasteiger partial charge in [-0.25, -0.2) is 9.59 Å². The van der Waals surface area contributed by atoms with Crippen molar-refractivity contribution in [3.63, 3.8) is 0 Å². The summed E-state index contributed by atoms with van der Waals surface area (Å²) in [4.78, 5) is 24.7. The molecule has 0 aliphatic rings. The zero-order chi connectivity index (χ0) is 20.0. The van der Waals surface area contributed by atoms with Crippen LogP contribution in [0.15, 0.2) is 30.3 Å². The first-order chi connectivity index (χ1) is 11.9. The number of hydrogen-bond donors (Lipinski definition) is 1. The summed E-state index contributed by atoms with van der Waals surface area (Å²) in [5.41, 5.74) is 0.337. The van der Waals surface area contributed by atoms with Crippen LogP contribution < -0.4 is 5.32 Å². The predicted molar refractivity (Wildman–Crippen MR) is 104 cm³/mol. The van der Waals surface area contributed by atoms with Crippen LogP contribution in [-0.4, -0.2) is 45.2 Å². The second-order valence-corrected chi connectivity index (χ2v) is 12.6. The maximum absolute atomic E-state index is 12.4. The molecular formula is C19H31NO5Si. The minimum Gasteiger partial charge on any atom is -0.467 e. The Balaban J connectivity index is 3.09. The second kappa shape index (κ2) is 9.18. The molecule has 0 spiro atoms. The Kier molecular flexibility index (Phi) is 7.83. The highest BCUT2D eigenvalue weighted by atomic mass is 28.4. The van der Waals surface area contributed by atoms with Crippen LogP contribution in [-0.2, 0) is 25.1 Å². The molecule has 0 saturated heterocycles. The van der Waals surface area contributed by atoms with Crippen molar-refractivity contribution in [2.45, 2.75) is 64.6 Å². The first-order valence-electron chi connectivity index (χ1n) is 8.70. The Bertz CT molecular complexity index is 592. The number of alkyl carbamates (subject to hydrolysis) is 1. The molecule has 0 radical (unpaired) electrons. The molecule has 26 heavy (non-hydrogen) atoms. The largest absolute Gasteiger partial charge is 0.467 e. The van der Waals surface area contributed by atoms with Crippen molar-refractivity contribution in [3.8, 4) is 0 Å². The third-order valence-corrected chi connectivity index (χ3v) is 4.24. The van der Waals surface area contributed by atoms with Crippen molar-refractivity contribution in [1.82, 2.24) is 5.32 Å². The van der Waals surface area contributed by atoms with Crippen molar-refractivity contribution in [3.05, 3.63) is 35.9 Å². The van der Waals surface area contributed by atoms with Crippen LogP contribution in [0.25, 0.3) is 0 Å². The molecule has 0 saturated carbocycles. The van der Waals surface area contributed by atoms with E-state index < -0.39 is 38.1 Å². The molecule has 0 aliphatic carbocycles. The molecular weight excluding hydrogens is 350 g/mol. The lowest BCUT2D eigenvalue weighted by Gasteiger charge is -2.32. The third-order valence-electron chi connectivity index (χ3n) is 3.28. The van der Waals surface area contributed by atoms with Gasteiger partial charge in [-0.15, -0.1) is 0 Å². The Morgan fingerprint density at radius 3 is 2.15 bits per heavy atom. The van der Waals surface area contributed by atoms with E-state index in [1.54, 1.807) is 20.8 Å². The van der Waals surface area contributed by atoms with Gasteiger partial charge < -0.3 is 19.2 Å². The summed E-state index contributed by atoms with van der Waals surface area (Å²) in [6.45, 7) is 11.3. The lowest BCUT2D eigenvalue weighted by molar-refractivity contribution is -0.150. The first kappa shape index (κ1) is 22.2. The minimum absolute atomic E-state index is 0.421. The van der Waals surface area contributed by atoms with Gasteiger partial charge in [0.1, 0.15) is 5.60 Å². The molecule has 0 heterocycles. The van der Waals surface area contributed by atoms with Gasteiger partial charge in [0.15, 0.2) is 14.4 Å². The molecule has 1 aromatic rings. The van der Waals surface area contributed by atoms with Gasteiger partial charge in [0.25, 0.3) is 0 Å². The molecule has 1 amide bonds. The molecule has 7 heteroatoms. The van der Waals surface area contributed by atoms with Crippen molar-refractivity contribution >= 4 is 20.4 Å². The number of ether oxygens (including phenoxy) is 2. The van der Waals surface area contributed by atoms with E-state index in [0.29, 0.717) is 6.42 Å². The van der Waals surface area contributed by atoms with Crippen LogP contribution >= 0.6 is 0 Å². The zero-order valence-electron chi connectivity index (χ0n) is 16.8. The van der Waals surface area contributed by atoms with Crippen LogP contribution in [0.3, 0.4) is 0 Å². The van der Waals surface area contributed by atoms with Gasteiger partial charge >= 0.3 is 12.1 Å². The smallest absolute Gasteiger partial charge is 0.407 e. The number of esters is 1. The fraction of sp³-hybridized carbons (Fsp3) is 0.579. The molecule has 0 aromatic heterocycles. The highest BCUT2D eigenvalue weighted by Crippen LogP contribution is 2.17. The fourth-order valence-electron chi connectivity index (χ4n) is 2.35. The van der Waals surface area contributed by atoms with Crippen LogP contribution in [0.1, 0.15) is 26.3 Å². The van der Waals surface area contributed by atoms with E-state index in [0.717, 1.165) is 5.56 Å². The zero-order valence-corrected chi connectivity index (χ0v) is 17.8. The number of rotatable bonds is 7. The lowest BCUT2D eigenvalue weighted by atomic mass is 10.0. The maximum atomic E-state index is 12.4. The summed E-state index contributed by atoms with van der Waals surface area (Å²) in [5, 5.41) is 2.80. The summed E-state index contributed by atoms with van der Waals surface area (Å²) in [6.07, 6.45) is -1.07. The lowest BCUT2D eigenvalue weighted by Crippen LogP contribution is -2.53. The van der Waals surface area contributed by atoms with Gasteiger partial charge in [0.05, 0.1) is 13.2 Å². The van der Waals surface area contributed by atoms with E-state index in [-0.39, 0.29) is 0 Å². The number of carbonyl (C=O) groups is 2. The molecule has 1 aromatic carbocycles. The monoisotopic (exact) mass is 381 g/mol. The summed E-state index contributed by atoms with van der Waals surface area (Å²) in [5.74, 6) is -0.510. The molecule has 6 nitrogen and oxygen atoms in total. The number of carbonyl (C=O) groups excluding carboxylic acids is 2. The highest BCUT2D eigenvalue weighted by molar-refractivity contribution is 6.69. The van der Waals surface area contributed by atoms with Crippen LogP contribution in [0, 0.1) is 0 Å². The number of nitrogens with one attached hydrogen (secondary N) is 1. The first-order valence-corrected chi connectivity index (χ1v) is 12.1. The Morgan fingerprint density at radius 1 is 1.12 bits per heavy atom. The highest BCUT2D eigenvalue weighted by Gasteiger charge is 2.36. The number of amides is 1. The van der Waals surface area contributed by atoms with E-state index >= 15 is 0 Å². The van der Waals surface area contributed by atoms with Crippen LogP contribution in [0.2, 0.25) is 19.6 Å². The molecule has 2 atom stereocenters. The van der Waals surface area contributed by atoms with Crippen molar-refractivity contribution < 1.29 is 23.5 Å². The summed E-state index contributed by atoms with van der Waals surface area (Å²) in [7, 11) is -0.755. The van der Waals surface area contributed by atoms with E-state index in [4.69, 9.17) is 13.9 Å². The van der Waals surface area contributed by atoms with Crippen molar-refractivity contribution in [2.24, 2.45) is 0 Å². The van der Waals surface area contributed by atoms with E-state index in [9.17, 15) is 9.59 Å². The van der Waals surface area contributed by atoms with Crippen LogP contribution in [0.5, 0.6) is 0 Å². The third kappa shape index (κ3) is 8.49. The number of methoxy groups -OCH3 is 1. The fourth-order valence-corrected chi connectivity index (χ4v) is 3.37. The summed E-state index contributed by atoms with van der Waals surface area (Å²) in [6, 6.07) is 9.00. The molecule has 0 unspecified atom stereocenters. The van der Waals surface area contributed by atoms with Gasteiger partial charge in [-0.05, 0) is 52.4 Å². The topological polar surface area (TPSA) is 73.9 Å². The second-order valence-electron chi connectivity index (χ2n) is 8.12. The van der Waals surface area contributed by atoms with Gasteiger partial charge in [0.2, 0.25) is 0 Å². The van der Waals surface area contributed by atoms with Crippen molar-refractivity contribution in [1.29, 1.82) is 0 Å².